The Morgan fingerprint density at radius 3 is 2.67 bits per heavy atom. The third kappa shape index (κ3) is 3.00. The van der Waals surface area contributed by atoms with Crippen LogP contribution in [0.3, 0.4) is 0 Å². The van der Waals surface area contributed by atoms with E-state index in [4.69, 9.17) is 5.73 Å². The molecule has 1 saturated heterocycles. The molecule has 5 nitrogen and oxygen atoms in total. The van der Waals surface area contributed by atoms with Crippen LogP contribution in [0.5, 0.6) is 0 Å². The van der Waals surface area contributed by atoms with Crippen molar-refractivity contribution in [3.63, 3.8) is 0 Å². The summed E-state index contributed by atoms with van der Waals surface area (Å²) in [6.07, 6.45) is 0. The van der Waals surface area contributed by atoms with Crippen molar-refractivity contribution in [3.05, 3.63) is 40.9 Å². The Morgan fingerprint density at radius 1 is 1.29 bits per heavy atom. The molecule has 0 spiro atoms. The van der Waals surface area contributed by atoms with Crippen molar-refractivity contribution >= 4 is 28.1 Å². The standard InChI is InChI=1S/C15H18N4OS/c1-11-10-21-15(17-11)19-7-5-18(6-8-19)14(20)12-3-2-4-13(16)9-12/h2-4,9-10H,5-8,16H2,1H3. The Balaban J connectivity index is 1.64. The number of carbonyl (C=O) groups is 1. The van der Waals surface area contributed by atoms with Crippen LogP contribution in [0.2, 0.25) is 0 Å². The molecule has 21 heavy (non-hydrogen) atoms. The predicted octanol–water partition coefficient (Wildman–Crippen LogP) is 2.00. The maximum absolute atomic E-state index is 12.4. The van der Waals surface area contributed by atoms with Gasteiger partial charge in [-0.25, -0.2) is 4.98 Å². The first kappa shape index (κ1) is 13.9. The second kappa shape index (κ2) is 5.73. The number of hydrogen-bond acceptors (Lipinski definition) is 5. The van der Waals surface area contributed by atoms with Gasteiger partial charge in [-0.1, -0.05) is 6.07 Å². The van der Waals surface area contributed by atoms with E-state index in [0.29, 0.717) is 24.3 Å². The third-order valence-corrected chi connectivity index (χ3v) is 4.60. The van der Waals surface area contributed by atoms with E-state index in [1.165, 1.54) is 0 Å². The van der Waals surface area contributed by atoms with Crippen molar-refractivity contribution in [1.82, 2.24) is 9.88 Å². The lowest BCUT2D eigenvalue weighted by Crippen LogP contribution is -2.48. The summed E-state index contributed by atoms with van der Waals surface area (Å²) < 4.78 is 0. The van der Waals surface area contributed by atoms with Gasteiger partial charge < -0.3 is 15.5 Å². The molecule has 110 valence electrons. The van der Waals surface area contributed by atoms with Gasteiger partial charge in [-0.2, -0.15) is 0 Å². The van der Waals surface area contributed by atoms with Crippen LogP contribution in [-0.4, -0.2) is 42.0 Å². The molecule has 1 aliphatic rings. The van der Waals surface area contributed by atoms with Gasteiger partial charge in [0.1, 0.15) is 0 Å². The summed E-state index contributed by atoms with van der Waals surface area (Å²) in [6.45, 7) is 5.07. The fraction of sp³-hybridized carbons (Fsp3) is 0.333. The molecule has 2 heterocycles. The van der Waals surface area contributed by atoms with E-state index in [9.17, 15) is 4.79 Å². The Kier molecular flexibility index (Phi) is 3.79. The van der Waals surface area contributed by atoms with Crippen LogP contribution in [0.15, 0.2) is 29.6 Å². The first-order valence-electron chi connectivity index (χ1n) is 6.95. The van der Waals surface area contributed by atoms with Crippen LogP contribution in [0.25, 0.3) is 0 Å². The maximum Gasteiger partial charge on any atom is 0.254 e. The molecule has 1 aliphatic heterocycles. The maximum atomic E-state index is 12.4. The average Bonchev–Trinajstić information content (AvgIpc) is 2.93. The van der Waals surface area contributed by atoms with Crippen LogP contribution in [0, 0.1) is 6.92 Å². The molecular weight excluding hydrogens is 284 g/mol. The van der Waals surface area contributed by atoms with Gasteiger partial charge in [0, 0.05) is 42.8 Å². The molecule has 1 fully saturated rings. The Hall–Kier alpha value is -2.08. The lowest BCUT2D eigenvalue weighted by molar-refractivity contribution is 0.0747. The molecule has 2 aromatic rings. The van der Waals surface area contributed by atoms with E-state index >= 15 is 0 Å². The highest BCUT2D eigenvalue weighted by atomic mass is 32.1. The number of thiazole rings is 1. The largest absolute Gasteiger partial charge is 0.399 e. The zero-order chi connectivity index (χ0) is 14.8. The number of anilines is 2. The highest BCUT2D eigenvalue weighted by Gasteiger charge is 2.23. The minimum atomic E-state index is 0.0530. The summed E-state index contributed by atoms with van der Waals surface area (Å²) in [7, 11) is 0. The Morgan fingerprint density at radius 2 is 2.05 bits per heavy atom. The van der Waals surface area contributed by atoms with Crippen molar-refractivity contribution in [3.8, 4) is 0 Å². The van der Waals surface area contributed by atoms with Crippen LogP contribution >= 0.6 is 11.3 Å². The van der Waals surface area contributed by atoms with Gasteiger partial charge >= 0.3 is 0 Å². The van der Waals surface area contributed by atoms with Gasteiger partial charge in [0.15, 0.2) is 5.13 Å². The first-order valence-corrected chi connectivity index (χ1v) is 7.83. The van der Waals surface area contributed by atoms with Crippen LogP contribution in [0.1, 0.15) is 16.1 Å². The van der Waals surface area contributed by atoms with Crippen molar-refractivity contribution in [2.45, 2.75) is 6.92 Å². The van der Waals surface area contributed by atoms with Crippen LogP contribution < -0.4 is 10.6 Å². The number of carbonyl (C=O) groups excluding carboxylic acids is 1. The number of aryl methyl sites for hydroxylation is 1. The third-order valence-electron chi connectivity index (χ3n) is 3.58. The number of nitrogen functional groups attached to an aromatic ring is 1. The predicted molar refractivity (Wildman–Crippen MR) is 85.8 cm³/mol. The van der Waals surface area contributed by atoms with Gasteiger partial charge in [0.2, 0.25) is 0 Å². The van der Waals surface area contributed by atoms with E-state index in [-0.39, 0.29) is 5.91 Å². The number of benzene rings is 1. The SMILES string of the molecule is Cc1csc(N2CCN(C(=O)c3cccc(N)c3)CC2)n1. The van der Waals surface area contributed by atoms with Crippen molar-refractivity contribution < 1.29 is 4.79 Å². The highest BCUT2D eigenvalue weighted by molar-refractivity contribution is 7.13. The molecule has 2 N–H and O–H groups in total. The fourth-order valence-corrected chi connectivity index (χ4v) is 3.30. The molecule has 0 saturated carbocycles. The summed E-state index contributed by atoms with van der Waals surface area (Å²) in [5, 5.41) is 3.10. The van der Waals surface area contributed by atoms with E-state index in [2.05, 4.69) is 15.3 Å². The summed E-state index contributed by atoms with van der Waals surface area (Å²) in [5.41, 5.74) is 8.07. The normalized spacial score (nSPS) is 15.3. The minimum Gasteiger partial charge on any atom is -0.399 e. The second-order valence-electron chi connectivity index (χ2n) is 5.18. The van der Waals surface area contributed by atoms with E-state index in [1.54, 1.807) is 23.5 Å². The Bertz CT molecular complexity index is 647. The van der Waals surface area contributed by atoms with E-state index < -0.39 is 0 Å². The number of hydrogen-bond donors (Lipinski definition) is 1. The minimum absolute atomic E-state index is 0.0530. The topological polar surface area (TPSA) is 62.5 Å². The molecule has 6 heteroatoms. The van der Waals surface area contributed by atoms with Gasteiger partial charge in [-0.3, -0.25) is 4.79 Å². The van der Waals surface area contributed by atoms with Gasteiger partial charge in [-0.05, 0) is 25.1 Å². The van der Waals surface area contributed by atoms with Gasteiger partial charge in [0.05, 0.1) is 5.69 Å². The molecule has 1 aromatic carbocycles. The smallest absolute Gasteiger partial charge is 0.254 e. The second-order valence-corrected chi connectivity index (χ2v) is 6.01. The number of rotatable bonds is 2. The van der Waals surface area contributed by atoms with Crippen LogP contribution in [0.4, 0.5) is 10.8 Å². The lowest BCUT2D eigenvalue weighted by atomic mass is 10.1. The monoisotopic (exact) mass is 302 g/mol. The zero-order valence-corrected chi connectivity index (χ0v) is 12.8. The number of piperazine rings is 1. The molecule has 0 unspecified atom stereocenters. The fourth-order valence-electron chi connectivity index (χ4n) is 2.44. The summed E-state index contributed by atoms with van der Waals surface area (Å²) >= 11 is 1.66. The van der Waals surface area contributed by atoms with Crippen molar-refractivity contribution in [1.29, 1.82) is 0 Å². The molecule has 1 amide bonds. The molecule has 0 aliphatic carbocycles. The molecule has 0 radical (unpaired) electrons. The molecule has 0 bridgehead atoms. The lowest BCUT2D eigenvalue weighted by Gasteiger charge is -2.34. The average molecular weight is 302 g/mol. The first-order chi connectivity index (χ1) is 10.1. The quantitative estimate of drug-likeness (QED) is 0.862. The Labute approximate surface area is 128 Å². The summed E-state index contributed by atoms with van der Waals surface area (Å²) in [6, 6.07) is 7.16. The molecule has 0 atom stereocenters. The molecular formula is C15H18N4OS. The molecule has 1 aromatic heterocycles. The van der Waals surface area contributed by atoms with E-state index in [1.807, 2.05) is 24.0 Å². The summed E-state index contributed by atoms with van der Waals surface area (Å²) in [4.78, 5) is 21.1. The van der Waals surface area contributed by atoms with Crippen molar-refractivity contribution in [2.75, 3.05) is 36.8 Å². The van der Waals surface area contributed by atoms with E-state index in [0.717, 1.165) is 23.9 Å². The molecule has 3 rings (SSSR count). The number of nitrogens with two attached hydrogens (primary N) is 1. The van der Waals surface area contributed by atoms with Gasteiger partial charge in [-0.15, -0.1) is 11.3 Å². The van der Waals surface area contributed by atoms with Gasteiger partial charge in [0.25, 0.3) is 5.91 Å². The van der Waals surface area contributed by atoms with Crippen molar-refractivity contribution in [2.24, 2.45) is 0 Å². The number of nitrogens with zero attached hydrogens (tertiary/aromatic N) is 3. The summed E-state index contributed by atoms with van der Waals surface area (Å²) in [5.74, 6) is 0.0530. The number of amides is 1. The highest BCUT2D eigenvalue weighted by Crippen LogP contribution is 2.22. The number of aromatic nitrogens is 1. The zero-order valence-electron chi connectivity index (χ0n) is 12.0. The van der Waals surface area contributed by atoms with Crippen LogP contribution in [-0.2, 0) is 0 Å².